The van der Waals surface area contributed by atoms with Crippen LogP contribution in [0.2, 0.25) is 5.02 Å². The van der Waals surface area contributed by atoms with E-state index in [1.165, 1.54) is 18.2 Å². The molecule has 0 amide bonds. The monoisotopic (exact) mass is 312 g/mol. The fraction of sp³-hybridized carbons (Fsp3) is 0.500. The molecule has 0 bridgehead atoms. The van der Waals surface area contributed by atoms with Crippen LogP contribution in [0.4, 0.5) is 11.4 Å². The number of rotatable bonds is 5. The van der Waals surface area contributed by atoms with Crippen molar-refractivity contribution in [2.75, 3.05) is 5.32 Å². The number of carbonyl (C=O) groups is 1. The molecule has 7 heteroatoms. The summed E-state index contributed by atoms with van der Waals surface area (Å²) in [4.78, 5) is 21.8. The van der Waals surface area contributed by atoms with E-state index in [4.69, 9.17) is 16.7 Å². The van der Waals surface area contributed by atoms with Gasteiger partial charge in [-0.25, -0.2) is 0 Å². The van der Waals surface area contributed by atoms with Gasteiger partial charge in [0.2, 0.25) is 0 Å². The molecule has 1 aliphatic carbocycles. The first-order valence-corrected chi connectivity index (χ1v) is 7.24. The fourth-order valence-electron chi connectivity index (χ4n) is 2.92. The van der Waals surface area contributed by atoms with Gasteiger partial charge >= 0.3 is 5.97 Å². The van der Waals surface area contributed by atoms with E-state index >= 15 is 0 Å². The van der Waals surface area contributed by atoms with E-state index in [2.05, 4.69) is 5.32 Å². The molecule has 2 rings (SSSR count). The highest BCUT2D eigenvalue weighted by molar-refractivity contribution is 6.31. The lowest BCUT2D eigenvalue weighted by Gasteiger charge is -2.37. The number of halogens is 1. The molecule has 6 nitrogen and oxygen atoms in total. The van der Waals surface area contributed by atoms with Gasteiger partial charge < -0.3 is 10.4 Å². The molecular weight excluding hydrogens is 296 g/mol. The standard InChI is InChI=1S/C14H17ClN2O4/c15-10-4-5-12(17(20)21)11(8-10)16-14(9-13(18)19)6-2-1-3-7-14/h4-5,8,16H,1-3,6-7,9H2,(H,18,19). The lowest BCUT2D eigenvalue weighted by Crippen LogP contribution is -2.42. The Kier molecular flexibility index (Phi) is 4.67. The Balaban J connectivity index is 2.34. The van der Waals surface area contributed by atoms with Crippen molar-refractivity contribution < 1.29 is 14.8 Å². The van der Waals surface area contributed by atoms with Crippen molar-refractivity contribution in [3.05, 3.63) is 33.3 Å². The molecule has 0 radical (unpaired) electrons. The van der Waals surface area contributed by atoms with Crippen LogP contribution in [0.25, 0.3) is 0 Å². The largest absolute Gasteiger partial charge is 0.481 e. The van der Waals surface area contributed by atoms with Crippen LogP contribution in [0.5, 0.6) is 0 Å². The van der Waals surface area contributed by atoms with Gasteiger partial charge in [0.05, 0.1) is 11.3 Å². The lowest BCUT2D eigenvalue weighted by molar-refractivity contribution is -0.384. The van der Waals surface area contributed by atoms with Crippen LogP contribution < -0.4 is 5.32 Å². The molecule has 1 aromatic carbocycles. The Bertz CT molecular complexity index is 556. The maximum atomic E-state index is 11.1. The summed E-state index contributed by atoms with van der Waals surface area (Å²) in [7, 11) is 0. The third-order valence-electron chi connectivity index (χ3n) is 3.86. The number of nitro groups is 1. The van der Waals surface area contributed by atoms with Crippen LogP contribution in [0.3, 0.4) is 0 Å². The summed E-state index contributed by atoms with van der Waals surface area (Å²) in [5.74, 6) is -0.908. The third-order valence-corrected chi connectivity index (χ3v) is 4.09. The van der Waals surface area contributed by atoms with Crippen molar-refractivity contribution in [2.24, 2.45) is 0 Å². The van der Waals surface area contributed by atoms with Gasteiger partial charge in [0.25, 0.3) is 5.69 Å². The van der Waals surface area contributed by atoms with Gasteiger partial charge in [-0.1, -0.05) is 30.9 Å². The van der Waals surface area contributed by atoms with Crippen molar-refractivity contribution in [3.63, 3.8) is 0 Å². The molecule has 0 spiro atoms. The minimum atomic E-state index is -0.908. The summed E-state index contributed by atoms with van der Waals surface area (Å²) in [6, 6.07) is 4.27. The van der Waals surface area contributed by atoms with E-state index in [1.807, 2.05) is 0 Å². The Morgan fingerprint density at radius 3 is 2.62 bits per heavy atom. The Labute approximate surface area is 127 Å². The first-order valence-electron chi connectivity index (χ1n) is 6.86. The molecule has 0 aliphatic heterocycles. The first-order chi connectivity index (χ1) is 9.92. The van der Waals surface area contributed by atoms with Gasteiger partial charge in [0.15, 0.2) is 0 Å². The zero-order valence-electron chi connectivity index (χ0n) is 11.5. The topological polar surface area (TPSA) is 92.5 Å². The van der Waals surface area contributed by atoms with E-state index < -0.39 is 16.4 Å². The number of benzene rings is 1. The van der Waals surface area contributed by atoms with E-state index in [0.717, 1.165) is 19.3 Å². The number of anilines is 1. The summed E-state index contributed by atoms with van der Waals surface area (Å²) in [6.45, 7) is 0. The molecule has 0 aromatic heterocycles. The van der Waals surface area contributed by atoms with Crippen molar-refractivity contribution in [3.8, 4) is 0 Å². The number of nitrogens with one attached hydrogen (secondary N) is 1. The van der Waals surface area contributed by atoms with Gasteiger partial charge in [0, 0.05) is 16.6 Å². The zero-order chi connectivity index (χ0) is 15.5. The van der Waals surface area contributed by atoms with E-state index in [1.54, 1.807) is 0 Å². The average molecular weight is 313 g/mol. The van der Waals surface area contributed by atoms with Crippen LogP contribution >= 0.6 is 11.6 Å². The van der Waals surface area contributed by atoms with Gasteiger partial charge in [0.1, 0.15) is 5.69 Å². The molecule has 114 valence electrons. The van der Waals surface area contributed by atoms with E-state index in [0.29, 0.717) is 17.9 Å². The second-order valence-corrected chi connectivity index (χ2v) is 5.89. The minimum Gasteiger partial charge on any atom is -0.481 e. The molecule has 0 saturated heterocycles. The van der Waals surface area contributed by atoms with Gasteiger partial charge in [-0.05, 0) is 25.0 Å². The second kappa shape index (κ2) is 6.30. The molecule has 1 aromatic rings. The molecule has 2 N–H and O–H groups in total. The number of nitrogens with zero attached hydrogens (tertiary/aromatic N) is 1. The predicted molar refractivity (Wildman–Crippen MR) is 79.8 cm³/mol. The first kappa shape index (κ1) is 15.6. The summed E-state index contributed by atoms with van der Waals surface area (Å²) >= 11 is 5.91. The fourth-order valence-corrected chi connectivity index (χ4v) is 3.09. The Morgan fingerprint density at radius 2 is 2.05 bits per heavy atom. The van der Waals surface area contributed by atoms with E-state index in [9.17, 15) is 14.9 Å². The Hall–Kier alpha value is -1.82. The quantitative estimate of drug-likeness (QED) is 0.636. The van der Waals surface area contributed by atoms with Crippen molar-refractivity contribution in [1.29, 1.82) is 0 Å². The number of hydrogen-bond acceptors (Lipinski definition) is 4. The zero-order valence-corrected chi connectivity index (χ0v) is 12.2. The summed E-state index contributed by atoms with van der Waals surface area (Å²) < 4.78 is 0. The SMILES string of the molecule is O=C(O)CC1(Nc2cc(Cl)ccc2[N+](=O)[O-])CCCCC1. The average Bonchev–Trinajstić information content (AvgIpc) is 2.38. The number of hydrogen-bond donors (Lipinski definition) is 2. The van der Waals surface area contributed by atoms with Crippen LogP contribution in [-0.4, -0.2) is 21.5 Å². The normalized spacial score (nSPS) is 17.2. The third kappa shape index (κ3) is 3.85. The Morgan fingerprint density at radius 1 is 1.38 bits per heavy atom. The molecule has 21 heavy (non-hydrogen) atoms. The van der Waals surface area contributed by atoms with Gasteiger partial charge in [-0.2, -0.15) is 0 Å². The summed E-state index contributed by atoms with van der Waals surface area (Å²) in [6.07, 6.45) is 4.19. The maximum absolute atomic E-state index is 11.1. The highest BCUT2D eigenvalue weighted by Gasteiger charge is 2.35. The highest BCUT2D eigenvalue weighted by atomic mass is 35.5. The van der Waals surface area contributed by atoms with Crippen LogP contribution in [0.15, 0.2) is 18.2 Å². The highest BCUT2D eigenvalue weighted by Crippen LogP contribution is 2.38. The smallest absolute Gasteiger partial charge is 0.305 e. The maximum Gasteiger partial charge on any atom is 0.305 e. The van der Waals surface area contributed by atoms with Gasteiger partial charge in [-0.3, -0.25) is 14.9 Å². The number of carboxylic acid groups (broad SMARTS) is 1. The molecule has 0 heterocycles. The molecule has 0 unspecified atom stereocenters. The van der Waals surface area contributed by atoms with Crippen LogP contribution in [-0.2, 0) is 4.79 Å². The number of carboxylic acids is 1. The number of nitro benzene ring substituents is 1. The van der Waals surface area contributed by atoms with Crippen molar-refractivity contribution in [1.82, 2.24) is 0 Å². The van der Waals surface area contributed by atoms with Gasteiger partial charge in [-0.15, -0.1) is 0 Å². The second-order valence-electron chi connectivity index (χ2n) is 5.46. The van der Waals surface area contributed by atoms with Crippen molar-refractivity contribution in [2.45, 2.75) is 44.1 Å². The summed E-state index contributed by atoms with van der Waals surface area (Å²) in [5.41, 5.74) is -0.440. The van der Waals surface area contributed by atoms with E-state index in [-0.39, 0.29) is 17.8 Å². The van der Waals surface area contributed by atoms with Crippen LogP contribution in [0, 0.1) is 10.1 Å². The molecular formula is C14H17ClN2O4. The lowest BCUT2D eigenvalue weighted by atomic mass is 9.79. The molecule has 1 saturated carbocycles. The number of aliphatic carboxylic acids is 1. The molecule has 1 aliphatic rings. The molecule has 0 atom stereocenters. The minimum absolute atomic E-state index is 0.0589. The predicted octanol–water partition coefficient (Wildman–Crippen LogP) is 3.84. The summed E-state index contributed by atoms with van der Waals surface area (Å²) in [5, 5.41) is 23.7. The van der Waals surface area contributed by atoms with Crippen LogP contribution in [0.1, 0.15) is 38.5 Å². The molecule has 1 fully saturated rings. The van der Waals surface area contributed by atoms with Crippen molar-refractivity contribution >= 4 is 28.9 Å².